The van der Waals surface area contributed by atoms with Gasteiger partial charge in [-0.25, -0.2) is 0 Å². The maximum atomic E-state index is 12.0. The standard InChI is InChI=1S/C15H11ClIN3O2S/c16-10-5-3-4-9(8-10)13(21)18-15(23)20-19-14(22)11-6-1-2-7-12(11)17/h1-8H,(H,19,22)(H2,18,20,21,23). The van der Waals surface area contributed by atoms with Crippen molar-refractivity contribution in [3.63, 3.8) is 0 Å². The fourth-order valence-corrected chi connectivity index (χ4v) is 2.63. The highest BCUT2D eigenvalue weighted by molar-refractivity contribution is 14.1. The SMILES string of the molecule is O=C(NC(=S)NNC(=O)c1ccccc1I)c1cccc(Cl)c1. The molecule has 0 radical (unpaired) electrons. The van der Waals surface area contributed by atoms with Crippen molar-refractivity contribution in [1.82, 2.24) is 16.2 Å². The number of nitrogens with one attached hydrogen (secondary N) is 3. The van der Waals surface area contributed by atoms with Crippen LogP contribution in [0.2, 0.25) is 5.02 Å². The molecule has 0 saturated heterocycles. The molecule has 2 rings (SSSR count). The van der Waals surface area contributed by atoms with Crippen molar-refractivity contribution in [2.75, 3.05) is 0 Å². The molecule has 2 amide bonds. The summed E-state index contributed by atoms with van der Waals surface area (Å²) in [7, 11) is 0. The molecule has 0 bridgehead atoms. The number of hydrogen-bond acceptors (Lipinski definition) is 3. The lowest BCUT2D eigenvalue weighted by Gasteiger charge is -2.11. The van der Waals surface area contributed by atoms with Crippen molar-refractivity contribution in [3.05, 3.63) is 68.3 Å². The average Bonchev–Trinajstić information content (AvgIpc) is 2.53. The van der Waals surface area contributed by atoms with Crippen LogP contribution in [0.5, 0.6) is 0 Å². The van der Waals surface area contributed by atoms with Gasteiger partial charge in [0.2, 0.25) is 0 Å². The highest BCUT2D eigenvalue weighted by atomic mass is 127. The van der Waals surface area contributed by atoms with Gasteiger partial charge in [-0.3, -0.25) is 25.8 Å². The fraction of sp³-hybridized carbons (Fsp3) is 0. The van der Waals surface area contributed by atoms with Gasteiger partial charge in [-0.05, 0) is 65.1 Å². The van der Waals surface area contributed by atoms with Crippen molar-refractivity contribution in [2.24, 2.45) is 0 Å². The summed E-state index contributed by atoms with van der Waals surface area (Å²) in [6.45, 7) is 0. The first-order chi connectivity index (χ1) is 11.0. The predicted molar refractivity (Wildman–Crippen MR) is 101 cm³/mol. The number of hydrazine groups is 1. The van der Waals surface area contributed by atoms with Crippen LogP contribution in [0.1, 0.15) is 20.7 Å². The largest absolute Gasteiger partial charge is 0.298 e. The monoisotopic (exact) mass is 459 g/mol. The average molecular weight is 460 g/mol. The zero-order valence-corrected chi connectivity index (χ0v) is 15.3. The van der Waals surface area contributed by atoms with E-state index in [1.807, 2.05) is 12.1 Å². The zero-order valence-electron chi connectivity index (χ0n) is 11.6. The van der Waals surface area contributed by atoms with Gasteiger partial charge in [0.15, 0.2) is 5.11 Å². The van der Waals surface area contributed by atoms with Gasteiger partial charge >= 0.3 is 0 Å². The first-order valence-corrected chi connectivity index (χ1v) is 8.25. The lowest BCUT2D eigenvalue weighted by molar-refractivity contribution is 0.0934. The van der Waals surface area contributed by atoms with Gasteiger partial charge < -0.3 is 0 Å². The lowest BCUT2D eigenvalue weighted by Crippen LogP contribution is -2.48. The van der Waals surface area contributed by atoms with Crippen LogP contribution in [0.25, 0.3) is 0 Å². The van der Waals surface area contributed by atoms with Crippen LogP contribution in [0.4, 0.5) is 0 Å². The first-order valence-electron chi connectivity index (χ1n) is 6.39. The normalized spacial score (nSPS) is 9.83. The van der Waals surface area contributed by atoms with E-state index in [9.17, 15) is 9.59 Å². The quantitative estimate of drug-likeness (QED) is 0.367. The van der Waals surface area contributed by atoms with E-state index >= 15 is 0 Å². The Hall–Kier alpha value is -1.71. The van der Waals surface area contributed by atoms with E-state index in [2.05, 4.69) is 38.8 Å². The van der Waals surface area contributed by atoms with E-state index in [0.29, 0.717) is 16.1 Å². The Morgan fingerprint density at radius 3 is 2.43 bits per heavy atom. The Labute approximate surface area is 156 Å². The third-order valence-electron chi connectivity index (χ3n) is 2.72. The van der Waals surface area contributed by atoms with Crippen molar-refractivity contribution in [2.45, 2.75) is 0 Å². The Balaban J connectivity index is 1.89. The van der Waals surface area contributed by atoms with Gasteiger partial charge in [-0.2, -0.15) is 0 Å². The minimum Gasteiger partial charge on any atom is -0.298 e. The Morgan fingerprint density at radius 2 is 1.74 bits per heavy atom. The van der Waals surface area contributed by atoms with Gasteiger partial charge in [0.1, 0.15) is 0 Å². The Bertz CT molecular complexity index is 770. The van der Waals surface area contributed by atoms with Gasteiger partial charge in [0, 0.05) is 14.2 Å². The summed E-state index contributed by atoms with van der Waals surface area (Å²) in [5, 5.41) is 2.88. The van der Waals surface area contributed by atoms with E-state index < -0.39 is 5.91 Å². The number of carbonyl (C=O) groups excluding carboxylic acids is 2. The molecule has 0 spiro atoms. The van der Waals surface area contributed by atoms with Crippen LogP contribution in [0.15, 0.2) is 48.5 Å². The molecule has 2 aromatic carbocycles. The molecule has 0 saturated carbocycles. The van der Waals surface area contributed by atoms with E-state index in [1.165, 1.54) is 6.07 Å². The summed E-state index contributed by atoms with van der Waals surface area (Å²) in [4.78, 5) is 24.0. The second kappa shape index (κ2) is 8.23. The number of amides is 2. The Morgan fingerprint density at radius 1 is 1.00 bits per heavy atom. The van der Waals surface area contributed by atoms with Crippen molar-refractivity contribution in [3.8, 4) is 0 Å². The Kier molecular flexibility index (Phi) is 6.31. The maximum Gasteiger partial charge on any atom is 0.270 e. The minimum atomic E-state index is -0.423. The molecule has 118 valence electrons. The lowest BCUT2D eigenvalue weighted by atomic mass is 10.2. The number of rotatable bonds is 2. The minimum absolute atomic E-state index is 0.0192. The molecule has 0 aromatic heterocycles. The van der Waals surface area contributed by atoms with Gasteiger partial charge in [0.05, 0.1) is 5.56 Å². The van der Waals surface area contributed by atoms with Crippen LogP contribution in [-0.4, -0.2) is 16.9 Å². The number of halogens is 2. The molecular weight excluding hydrogens is 449 g/mol. The number of benzene rings is 2. The van der Waals surface area contributed by atoms with Crippen LogP contribution in [0.3, 0.4) is 0 Å². The third-order valence-corrected chi connectivity index (χ3v) is 4.10. The van der Waals surface area contributed by atoms with E-state index in [-0.39, 0.29) is 11.0 Å². The van der Waals surface area contributed by atoms with Crippen LogP contribution >= 0.6 is 46.4 Å². The number of hydrogen-bond donors (Lipinski definition) is 3. The topological polar surface area (TPSA) is 70.2 Å². The second-order valence-corrected chi connectivity index (χ2v) is 6.36. The highest BCUT2D eigenvalue weighted by Crippen LogP contribution is 2.11. The molecule has 0 heterocycles. The van der Waals surface area contributed by atoms with Crippen LogP contribution < -0.4 is 16.2 Å². The van der Waals surface area contributed by atoms with Crippen molar-refractivity contribution >= 4 is 63.3 Å². The molecule has 0 aliphatic rings. The van der Waals surface area contributed by atoms with E-state index in [0.717, 1.165) is 3.57 Å². The molecule has 0 unspecified atom stereocenters. The summed E-state index contributed by atoms with van der Waals surface area (Å²) < 4.78 is 0.804. The zero-order chi connectivity index (χ0) is 16.8. The summed E-state index contributed by atoms with van der Waals surface area (Å²) >= 11 is 12.9. The highest BCUT2D eigenvalue weighted by Gasteiger charge is 2.11. The van der Waals surface area contributed by atoms with Crippen molar-refractivity contribution in [1.29, 1.82) is 0 Å². The molecular formula is C15H11ClIN3O2S. The van der Waals surface area contributed by atoms with E-state index in [1.54, 1.807) is 30.3 Å². The molecule has 3 N–H and O–H groups in total. The summed E-state index contributed by atoms with van der Waals surface area (Å²) in [5.74, 6) is -0.775. The molecule has 0 aliphatic carbocycles. The molecule has 0 aliphatic heterocycles. The predicted octanol–water partition coefficient (Wildman–Crippen LogP) is 2.89. The number of thiocarbonyl (C=S) groups is 1. The third kappa shape index (κ3) is 5.15. The number of carbonyl (C=O) groups is 2. The maximum absolute atomic E-state index is 12.0. The van der Waals surface area contributed by atoms with Gasteiger partial charge in [-0.15, -0.1) is 0 Å². The molecule has 8 heteroatoms. The first kappa shape index (κ1) is 17.6. The van der Waals surface area contributed by atoms with Crippen LogP contribution in [0, 0.1) is 3.57 Å². The van der Waals surface area contributed by atoms with Gasteiger partial charge in [-0.1, -0.05) is 29.8 Å². The summed E-state index contributed by atoms with van der Waals surface area (Å²) in [6.07, 6.45) is 0. The van der Waals surface area contributed by atoms with E-state index in [4.69, 9.17) is 23.8 Å². The molecule has 23 heavy (non-hydrogen) atoms. The molecule has 2 aromatic rings. The van der Waals surface area contributed by atoms with Crippen molar-refractivity contribution < 1.29 is 9.59 Å². The summed E-state index contributed by atoms with van der Waals surface area (Å²) in [5.41, 5.74) is 5.79. The fourth-order valence-electron chi connectivity index (χ4n) is 1.66. The van der Waals surface area contributed by atoms with Gasteiger partial charge in [0.25, 0.3) is 11.8 Å². The van der Waals surface area contributed by atoms with Crippen LogP contribution in [-0.2, 0) is 0 Å². The molecule has 0 fully saturated rings. The second-order valence-electron chi connectivity index (χ2n) is 4.35. The molecule has 5 nitrogen and oxygen atoms in total. The molecule has 0 atom stereocenters. The smallest absolute Gasteiger partial charge is 0.270 e. The summed E-state index contributed by atoms with van der Waals surface area (Å²) in [6, 6.07) is 13.5.